The summed E-state index contributed by atoms with van der Waals surface area (Å²) >= 11 is 3.01. The van der Waals surface area contributed by atoms with Crippen LogP contribution in [0.4, 0.5) is 8.78 Å². The predicted octanol–water partition coefficient (Wildman–Crippen LogP) is 4.18. The van der Waals surface area contributed by atoms with Crippen molar-refractivity contribution in [3.63, 3.8) is 0 Å². The SMILES string of the molecule is CC(O)(Cc1ccccc1)c1c(F)ccc(Br)c1F. The fourth-order valence-electron chi connectivity index (χ4n) is 2.10. The lowest BCUT2D eigenvalue weighted by Gasteiger charge is -2.25. The van der Waals surface area contributed by atoms with E-state index in [2.05, 4.69) is 15.9 Å². The van der Waals surface area contributed by atoms with E-state index < -0.39 is 17.2 Å². The first-order valence-corrected chi connectivity index (χ1v) is 6.61. The molecule has 0 radical (unpaired) electrons. The molecule has 0 saturated carbocycles. The van der Waals surface area contributed by atoms with E-state index in [0.717, 1.165) is 11.6 Å². The van der Waals surface area contributed by atoms with Crippen molar-refractivity contribution in [1.82, 2.24) is 0 Å². The largest absolute Gasteiger partial charge is 0.385 e. The fraction of sp³-hybridized carbons (Fsp3) is 0.200. The highest BCUT2D eigenvalue weighted by atomic mass is 79.9. The van der Waals surface area contributed by atoms with Crippen LogP contribution in [0.1, 0.15) is 18.1 Å². The smallest absolute Gasteiger partial charge is 0.146 e. The summed E-state index contributed by atoms with van der Waals surface area (Å²) in [6, 6.07) is 11.5. The summed E-state index contributed by atoms with van der Waals surface area (Å²) in [5.41, 5.74) is -1.11. The van der Waals surface area contributed by atoms with Gasteiger partial charge in [0.1, 0.15) is 11.6 Å². The third-order valence-electron chi connectivity index (χ3n) is 2.97. The Bertz CT molecular complexity index is 582. The average Bonchev–Trinajstić information content (AvgIpc) is 2.35. The molecular formula is C15H13BrF2O. The first-order chi connectivity index (χ1) is 8.92. The Labute approximate surface area is 119 Å². The van der Waals surface area contributed by atoms with Crippen LogP contribution >= 0.6 is 15.9 Å². The molecule has 0 heterocycles. The Morgan fingerprint density at radius 2 is 1.74 bits per heavy atom. The zero-order valence-electron chi connectivity index (χ0n) is 10.3. The van der Waals surface area contributed by atoms with Gasteiger partial charge in [0.05, 0.1) is 15.6 Å². The highest BCUT2D eigenvalue weighted by Crippen LogP contribution is 2.33. The van der Waals surface area contributed by atoms with Crippen LogP contribution in [0.25, 0.3) is 0 Å². The molecule has 0 amide bonds. The van der Waals surface area contributed by atoms with Crippen molar-refractivity contribution >= 4 is 15.9 Å². The van der Waals surface area contributed by atoms with Crippen molar-refractivity contribution < 1.29 is 13.9 Å². The third-order valence-corrected chi connectivity index (χ3v) is 3.59. The zero-order chi connectivity index (χ0) is 14.0. The van der Waals surface area contributed by atoms with Gasteiger partial charge in [0.2, 0.25) is 0 Å². The lowest BCUT2D eigenvalue weighted by molar-refractivity contribution is 0.0496. The van der Waals surface area contributed by atoms with Gasteiger partial charge >= 0.3 is 0 Å². The van der Waals surface area contributed by atoms with E-state index in [1.165, 1.54) is 13.0 Å². The first-order valence-electron chi connectivity index (χ1n) is 5.82. The second-order valence-corrected chi connectivity index (χ2v) is 5.51. The summed E-state index contributed by atoms with van der Waals surface area (Å²) in [7, 11) is 0. The molecule has 2 aromatic carbocycles. The number of hydrogen-bond donors (Lipinski definition) is 1. The Hall–Kier alpha value is -1.26. The van der Waals surface area contributed by atoms with Crippen molar-refractivity contribution in [2.24, 2.45) is 0 Å². The van der Waals surface area contributed by atoms with Gasteiger partial charge in [0.25, 0.3) is 0 Å². The van der Waals surface area contributed by atoms with Gasteiger partial charge in [0, 0.05) is 6.42 Å². The maximum Gasteiger partial charge on any atom is 0.146 e. The monoisotopic (exact) mass is 326 g/mol. The van der Waals surface area contributed by atoms with Crippen LogP contribution in [0.3, 0.4) is 0 Å². The maximum absolute atomic E-state index is 14.0. The van der Waals surface area contributed by atoms with Gasteiger partial charge in [-0.1, -0.05) is 30.3 Å². The molecule has 1 atom stereocenters. The molecule has 0 spiro atoms. The van der Waals surface area contributed by atoms with E-state index >= 15 is 0 Å². The molecule has 0 aliphatic rings. The quantitative estimate of drug-likeness (QED) is 0.839. The zero-order valence-corrected chi connectivity index (χ0v) is 11.9. The minimum absolute atomic E-state index is 0.136. The number of aliphatic hydroxyl groups is 1. The lowest BCUT2D eigenvalue weighted by Crippen LogP contribution is -2.27. The van der Waals surface area contributed by atoms with Gasteiger partial charge in [0.15, 0.2) is 0 Å². The minimum atomic E-state index is -1.61. The van der Waals surface area contributed by atoms with Gasteiger partial charge in [-0.2, -0.15) is 0 Å². The van der Waals surface area contributed by atoms with Crippen LogP contribution in [0.15, 0.2) is 46.9 Å². The third kappa shape index (κ3) is 3.01. The average molecular weight is 327 g/mol. The number of benzene rings is 2. The van der Waals surface area contributed by atoms with Crippen molar-refractivity contribution in [3.8, 4) is 0 Å². The van der Waals surface area contributed by atoms with Gasteiger partial charge < -0.3 is 5.11 Å². The summed E-state index contributed by atoms with van der Waals surface area (Å²) in [5.74, 6) is -1.51. The predicted molar refractivity (Wildman–Crippen MR) is 73.8 cm³/mol. The van der Waals surface area contributed by atoms with Crippen LogP contribution in [0.5, 0.6) is 0 Å². The Morgan fingerprint density at radius 3 is 2.37 bits per heavy atom. The first kappa shape index (κ1) is 14.2. The highest BCUT2D eigenvalue weighted by Gasteiger charge is 2.31. The van der Waals surface area contributed by atoms with Crippen molar-refractivity contribution in [2.75, 3.05) is 0 Å². The number of rotatable bonds is 3. The van der Waals surface area contributed by atoms with Crippen molar-refractivity contribution in [3.05, 3.63) is 69.7 Å². The second kappa shape index (κ2) is 5.39. The molecule has 2 aromatic rings. The number of hydrogen-bond acceptors (Lipinski definition) is 1. The second-order valence-electron chi connectivity index (χ2n) is 4.65. The standard InChI is InChI=1S/C15H13BrF2O/c1-15(19,9-10-5-3-2-4-6-10)13-12(17)8-7-11(16)14(13)18/h2-8,19H,9H2,1H3. The van der Waals surface area contributed by atoms with Crippen LogP contribution in [0, 0.1) is 11.6 Å². The van der Waals surface area contributed by atoms with Crippen LogP contribution in [-0.4, -0.2) is 5.11 Å². The molecule has 1 unspecified atom stereocenters. The molecule has 1 N–H and O–H groups in total. The van der Waals surface area contributed by atoms with Gasteiger partial charge in [-0.15, -0.1) is 0 Å². The van der Waals surface area contributed by atoms with Gasteiger partial charge in [-0.05, 0) is 40.5 Å². The van der Waals surface area contributed by atoms with Gasteiger partial charge in [-0.25, -0.2) is 8.78 Å². The molecule has 0 aromatic heterocycles. The van der Waals surface area contributed by atoms with Gasteiger partial charge in [-0.3, -0.25) is 0 Å². The van der Waals surface area contributed by atoms with E-state index in [1.807, 2.05) is 30.3 Å². The Balaban J connectivity index is 2.42. The molecule has 19 heavy (non-hydrogen) atoms. The molecule has 0 bridgehead atoms. The van der Waals surface area contributed by atoms with E-state index in [9.17, 15) is 13.9 Å². The Morgan fingerprint density at radius 1 is 1.11 bits per heavy atom. The van der Waals surface area contributed by atoms with Crippen molar-refractivity contribution in [2.45, 2.75) is 18.9 Å². The van der Waals surface area contributed by atoms with E-state index in [-0.39, 0.29) is 16.5 Å². The summed E-state index contributed by atoms with van der Waals surface area (Å²) < 4.78 is 28.0. The maximum atomic E-state index is 14.0. The minimum Gasteiger partial charge on any atom is -0.385 e. The molecule has 0 fully saturated rings. The van der Waals surface area contributed by atoms with E-state index in [4.69, 9.17) is 0 Å². The van der Waals surface area contributed by atoms with Crippen molar-refractivity contribution in [1.29, 1.82) is 0 Å². The topological polar surface area (TPSA) is 20.2 Å². The van der Waals surface area contributed by atoms with Crippen LogP contribution < -0.4 is 0 Å². The lowest BCUT2D eigenvalue weighted by atomic mass is 9.88. The van der Waals surface area contributed by atoms with Crippen LogP contribution in [0.2, 0.25) is 0 Å². The van der Waals surface area contributed by atoms with Crippen LogP contribution in [-0.2, 0) is 12.0 Å². The summed E-state index contributed by atoms with van der Waals surface area (Å²) in [5, 5.41) is 10.4. The summed E-state index contributed by atoms with van der Waals surface area (Å²) in [6.07, 6.45) is 0.137. The summed E-state index contributed by atoms with van der Waals surface area (Å²) in [4.78, 5) is 0. The molecule has 0 aliphatic heterocycles. The molecular weight excluding hydrogens is 314 g/mol. The Kier molecular flexibility index (Phi) is 4.02. The molecule has 100 valence electrons. The summed E-state index contributed by atoms with van der Waals surface area (Å²) in [6.45, 7) is 1.41. The molecule has 1 nitrogen and oxygen atoms in total. The number of halogens is 3. The van der Waals surface area contributed by atoms with E-state index in [0.29, 0.717) is 0 Å². The molecule has 2 rings (SSSR count). The molecule has 4 heteroatoms. The molecule has 0 aliphatic carbocycles. The normalized spacial score (nSPS) is 14.2. The highest BCUT2D eigenvalue weighted by molar-refractivity contribution is 9.10. The van der Waals surface area contributed by atoms with E-state index in [1.54, 1.807) is 0 Å². The fourth-order valence-corrected chi connectivity index (χ4v) is 2.43. The molecule has 0 saturated heterocycles.